The summed E-state index contributed by atoms with van der Waals surface area (Å²) in [5.41, 5.74) is 1.54. The molecule has 128 valence electrons. The number of fused-ring (bicyclic) bond motifs is 3. The largest absolute Gasteiger partial charge is 0.323 e. The minimum atomic E-state index is -0.437. The quantitative estimate of drug-likeness (QED) is 0.543. The first-order valence-corrected chi connectivity index (χ1v) is 9.80. The van der Waals surface area contributed by atoms with E-state index in [1.165, 1.54) is 34.7 Å². The number of nitrogens with one attached hydrogen (secondary N) is 1. The van der Waals surface area contributed by atoms with Crippen molar-refractivity contribution in [2.75, 3.05) is 5.32 Å². The van der Waals surface area contributed by atoms with Crippen molar-refractivity contribution in [2.24, 2.45) is 0 Å². The van der Waals surface area contributed by atoms with E-state index in [0.29, 0.717) is 0 Å². The number of benzene rings is 1. The number of carbonyl (C=O) groups is 1. The molecule has 0 saturated carbocycles. The maximum atomic E-state index is 13.7. The number of thioether (sulfide) groups is 1. The van der Waals surface area contributed by atoms with Crippen LogP contribution in [0.4, 0.5) is 10.1 Å². The Hall–Kier alpha value is -1.99. The predicted octanol–water partition coefficient (Wildman–Crippen LogP) is 4.44. The van der Waals surface area contributed by atoms with Crippen LogP contribution in [-0.2, 0) is 17.6 Å². The van der Waals surface area contributed by atoms with Crippen molar-refractivity contribution in [3.63, 3.8) is 0 Å². The summed E-state index contributed by atoms with van der Waals surface area (Å²) in [7, 11) is 0. The number of thiophene rings is 1. The molecular formula is C18H16FN3OS2. The van der Waals surface area contributed by atoms with E-state index in [4.69, 9.17) is 0 Å². The van der Waals surface area contributed by atoms with Gasteiger partial charge in [0, 0.05) is 10.3 Å². The lowest BCUT2D eigenvalue weighted by atomic mass is 10.2. The normalized spacial score (nSPS) is 14.5. The number of aromatic nitrogens is 2. The average Bonchev–Trinajstić information content (AvgIpc) is 3.18. The zero-order chi connectivity index (χ0) is 17.4. The van der Waals surface area contributed by atoms with Crippen LogP contribution in [0.15, 0.2) is 35.6 Å². The van der Waals surface area contributed by atoms with Gasteiger partial charge in [0.25, 0.3) is 0 Å². The Kier molecular flexibility index (Phi) is 4.43. The molecule has 2 heterocycles. The van der Waals surface area contributed by atoms with Gasteiger partial charge in [0.1, 0.15) is 22.0 Å². The molecule has 4 rings (SSSR count). The van der Waals surface area contributed by atoms with E-state index in [0.717, 1.165) is 28.1 Å². The molecule has 2 aromatic heterocycles. The molecule has 1 N–H and O–H groups in total. The highest BCUT2D eigenvalue weighted by Gasteiger charge is 2.24. The Morgan fingerprint density at radius 2 is 2.16 bits per heavy atom. The maximum Gasteiger partial charge on any atom is 0.237 e. The molecular weight excluding hydrogens is 357 g/mol. The van der Waals surface area contributed by atoms with Crippen LogP contribution in [0, 0.1) is 5.82 Å². The van der Waals surface area contributed by atoms with Gasteiger partial charge in [-0.3, -0.25) is 4.79 Å². The molecule has 1 atom stereocenters. The van der Waals surface area contributed by atoms with Crippen molar-refractivity contribution in [2.45, 2.75) is 36.5 Å². The molecule has 4 nitrogen and oxygen atoms in total. The molecule has 1 amide bonds. The summed E-state index contributed by atoms with van der Waals surface area (Å²) in [6.45, 7) is 1.81. The van der Waals surface area contributed by atoms with E-state index in [-0.39, 0.29) is 11.6 Å². The van der Waals surface area contributed by atoms with E-state index in [2.05, 4.69) is 15.3 Å². The van der Waals surface area contributed by atoms with Gasteiger partial charge in [-0.15, -0.1) is 11.3 Å². The van der Waals surface area contributed by atoms with Crippen LogP contribution in [0.3, 0.4) is 0 Å². The fourth-order valence-corrected chi connectivity index (χ4v) is 5.25. The van der Waals surface area contributed by atoms with Crippen LogP contribution in [-0.4, -0.2) is 21.1 Å². The van der Waals surface area contributed by atoms with Crippen LogP contribution in [0.25, 0.3) is 10.2 Å². The highest BCUT2D eigenvalue weighted by atomic mass is 32.2. The monoisotopic (exact) mass is 373 g/mol. The van der Waals surface area contributed by atoms with Crippen LogP contribution >= 0.6 is 23.1 Å². The van der Waals surface area contributed by atoms with Crippen LogP contribution in [0.1, 0.15) is 23.8 Å². The third-order valence-electron chi connectivity index (χ3n) is 4.26. The maximum absolute atomic E-state index is 13.7. The highest BCUT2D eigenvalue weighted by Crippen LogP contribution is 2.40. The summed E-state index contributed by atoms with van der Waals surface area (Å²) in [5, 5.41) is 4.18. The topological polar surface area (TPSA) is 54.9 Å². The fourth-order valence-electron chi connectivity index (χ4n) is 3.01. The van der Waals surface area contributed by atoms with Gasteiger partial charge in [-0.25, -0.2) is 14.4 Å². The molecule has 0 bridgehead atoms. The molecule has 7 heteroatoms. The first-order valence-electron chi connectivity index (χ1n) is 8.11. The first-order chi connectivity index (χ1) is 12.1. The molecule has 1 aliphatic rings. The molecule has 1 aliphatic carbocycles. The van der Waals surface area contributed by atoms with E-state index in [1.807, 2.05) is 0 Å². The van der Waals surface area contributed by atoms with E-state index < -0.39 is 11.1 Å². The summed E-state index contributed by atoms with van der Waals surface area (Å²) >= 11 is 3.12. The lowest BCUT2D eigenvalue weighted by Gasteiger charge is -2.12. The molecule has 0 radical (unpaired) electrons. The number of hydrogen-bond donors (Lipinski definition) is 1. The molecule has 0 saturated heterocycles. The number of nitrogens with zero attached hydrogens (tertiary/aromatic N) is 2. The van der Waals surface area contributed by atoms with Crippen LogP contribution in [0.2, 0.25) is 0 Å². The van der Waals surface area contributed by atoms with E-state index in [1.54, 1.807) is 42.8 Å². The number of halogens is 1. The molecule has 0 aliphatic heterocycles. The smallest absolute Gasteiger partial charge is 0.237 e. The van der Waals surface area contributed by atoms with Crippen molar-refractivity contribution >= 4 is 44.9 Å². The van der Waals surface area contributed by atoms with Gasteiger partial charge in [0.15, 0.2) is 0 Å². The number of amides is 1. The predicted molar refractivity (Wildman–Crippen MR) is 99.8 cm³/mol. The summed E-state index contributed by atoms with van der Waals surface area (Å²) in [5.74, 6) is -0.679. The van der Waals surface area contributed by atoms with Crippen LogP contribution in [0.5, 0.6) is 0 Å². The van der Waals surface area contributed by atoms with E-state index in [9.17, 15) is 9.18 Å². The molecule has 1 unspecified atom stereocenters. The van der Waals surface area contributed by atoms with E-state index >= 15 is 0 Å². The minimum absolute atomic E-state index is 0.198. The molecule has 0 spiro atoms. The minimum Gasteiger partial charge on any atom is -0.323 e. The van der Waals surface area contributed by atoms with Crippen molar-refractivity contribution in [1.82, 2.24) is 9.97 Å². The Bertz CT molecular complexity index is 957. The first kappa shape index (κ1) is 16.5. The van der Waals surface area contributed by atoms with Gasteiger partial charge in [-0.05, 0) is 43.9 Å². The SMILES string of the molecule is CC(Sc1ncnc2sc3c(c12)CCC3)C(=O)Nc1ccccc1F. The third kappa shape index (κ3) is 3.14. The Morgan fingerprint density at radius 1 is 1.32 bits per heavy atom. The Morgan fingerprint density at radius 3 is 3.00 bits per heavy atom. The number of carbonyl (C=O) groups excluding carboxylic acids is 1. The van der Waals surface area contributed by atoms with Crippen molar-refractivity contribution in [1.29, 1.82) is 0 Å². The average molecular weight is 373 g/mol. The van der Waals surface area contributed by atoms with Crippen LogP contribution < -0.4 is 5.32 Å². The molecule has 25 heavy (non-hydrogen) atoms. The summed E-state index contributed by atoms with van der Waals surface area (Å²) in [6.07, 6.45) is 4.87. The van der Waals surface area contributed by atoms with Gasteiger partial charge >= 0.3 is 0 Å². The number of hydrogen-bond acceptors (Lipinski definition) is 5. The van der Waals surface area contributed by atoms with Gasteiger partial charge in [0.2, 0.25) is 5.91 Å². The van der Waals surface area contributed by atoms with Gasteiger partial charge in [0.05, 0.1) is 10.9 Å². The molecule has 1 aromatic carbocycles. The lowest BCUT2D eigenvalue weighted by molar-refractivity contribution is -0.115. The second kappa shape index (κ2) is 6.72. The molecule has 3 aromatic rings. The summed E-state index contributed by atoms with van der Waals surface area (Å²) in [6, 6.07) is 6.17. The zero-order valence-electron chi connectivity index (χ0n) is 13.6. The third-order valence-corrected chi connectivity index (χ3v) is 6.56. The number of rotatable bonds is 4. The summed E-state index contributed by atoms with van der Waals surface area (Å²) in [4.78, 5) is 23.6. The second-order valence-electron chi connectivity index (χ2n) is 5.95. The second-order valence-corrected chi connectivity index (χ2v) is 8.36. The highest BCUT2D eigenvalue weighted by molar-refractivity contribution is 8.00. The standard InChI is InChI=1S/C18H16FN3OS2/c1-10(16(23)22-13-7-3-2-6-12(13)19)24-17-15-11-5-4-8-14(11)25-18(15)21-9-20-17/h2-3,6-7,9-10H,4-5,8H2,1H3,(H,22,23). The number of aryl methyl sites for hydroxylation is 2. The summed E-state index contributed by atoms with van der Waals surface area (Å²) < 4.78 is 13.7. The number of para-hydroxylation sites is 1. The Balaban J connectivity index is 1.57. The van der Waals surface area contributed by atoms with Gasteiger partial charge in [-0.1, -0.05) is 23.9 Å². The molecule has 0 fully saturated rings. The fraction of sp³-hybridized carbons (Fsp3) is 0.278. The zero-order valence-corrected chi connectivity index (χ0v) is 15.2. The number of anilines is 1. The van der Waals surface area contributed by atoms with Gasteiger partial charge in [-0.2, -0.15) is 0 Å². The lowest BCUT2D eigenvalue weighted by Crippen LogP contribution is -2.23. The Labute approximate surface area is 152 Å². The van der Waals surface area contributed by atoms with Gasteiger partial charge < -0.3 is 5.32 Å². The van der Waals surface area contributed by atoms with Crippen molar-refractivity contribution < 1.29 is 9.18 Å². The van der Waals surface area contributed by atoms with Crippen molar-refractivity contribution in [3.05, 3.63) is 46.9 Å². The van der Waals surface area contributed by atoms with Crippen molar-refractivity contribution in [3.8, 4) is 0 Å².